The second-order valence-electron chi connectivity index (χ2n) is 4.65. The first kappa shape index (κ1) is 12.6. The predicted octanol–water partition coefficient (Wildman–Crippen LogP) is 4.05. The molecule has 0 unspecified atom stereocenters. The summed E-state index contributed by atoms with van der Waals surface area (Å²) in [7, 11) is 5.25. The summed E-state index contributed by atoms with van der Waals surface area (Å²) in [5.74, 6) is 1.49. The van der Waals surface area contributed by atoms with Gasteiger partial charge < -0.3 is 14.8 Å². The number of hydrogen-bond acceptors (Lipinski definition) is 3. The molecule has 3 heteroatoms. The van der Waals surface area contributed by atoms with Gasteiger partial charge in [-0.05, 0) is 34.4 Å². The maximum Gasteiger partial charge on any atom is 0.161 e. The van der Waals surface area contributed by atoms with Crippen molar-refractivity contribution in [2.75, 3.05) is 26.6 Å². The SMILES string of the molecule is CNc1cc2ccccc2c2cc(OC)c(OC)cc12. The zero-order valence-electron chi connectivity index (χ0n) is 11.9. The Kier molecular flexibility index (Phi) is 3.11. The van der Waals surface area contributed by atoms with Gasteiger partial charge in [-0.15, -0.1) is 0 Å². The van der Waals surface area contributed by atoms with Crippen molar-refractivity contribution in [2.24, 2.45) is 0 Å². The Hall–Kier alpha value is -2.42. The Morgan fingerprint density at radius 2 is 1.45 bits per heavy atom. The fraction of sp³-hybridized carbons (Fsp3) is 0.176. The Balaban J connectivity index is 2.48. The van der Waals surface area contributed by atoms with E-state index in [1.165, 1.54) is 10.8 Å². The standard InChI is InChI=1S/C17H17NO2/c1-18-15-8-11-6-4-5-7-12(11)13-9-16(19-2)17(20-3)10-14(13)15/h4-10,18H,1-3H3. The van der Waals surface area contributed by atoms with E-state index in [-0.39, 0.29) is 0 Å². The molecule has 0 aliphatic rings. The molecule has 0 radical (unpaired) electrons. The van der Waals surface area contributed by atoms with Crippen LogP contribution in [0.1, 0.15) is 0 Å². The maximum atomic E-state index is 5.42. The van der Waals surface area contributed by atoms with Crippen molar-refractivity contribution in [3.8, 4) is 11.5 Å². The minimum Gasteiger partial charge on any atom is -0.493 e. The molecule has 0 heterocycles. The number of methoxy groups -OCH3 is 2. The van der Waals surface area contributed by atoms with Crippen LogP contribution in [0.25, 0.3) is 21.5 Å². The Labute approximate surface area is 118 Å². The molecule has 0 fully saturated rings. The molecular weight excluding hydrogens is 250 g/mol. The number of hydrogen-bond donors (Lipinski definition) is 1. The van der Waals surface area contributed by atoms with E-state index in [1.807, 2.05) is 25.2 Å². The van der Waals surface area contributed by atoms with Gasteiger partial charge in [0.1, 0.15) is 0 Å². The minimum atomic E-state index is 0.742. The highest BCUT2D eigenvalue weighted by Crippen LogP contribution is 2.39. The number of benzene rings is 3. The Bertz CT molecular complexity index is 781. The molecule has 0 spiro atoms. The van der Waals surface area contributed by atoms with E-state index in [1.54, 1.807) is 14.2 Å². The molecule has 0 aliphatic carbocycles. The molecule has 0 aliphatic heterocycles. The molecule has 0 aromatic heterocycles. The molecule has 0 amide bonds. The van der Waals surface area contributed by atoms with Gasteiger partial charge in [-0.2, -0.15) is 0 Å². The average molecular weight is 267 g/mol. The summed E-state index contributed by atoms with van der Waals surface area (Å²) in [5, 5.41) is 7.96. The zero-order valence-corrected chi connectivity index (χ0v) is 11.9. The molecule has 102 valence electrons. The topological polar surface area (TPSA) is 30.5 Å². The molecule has 3 nitrogen and oxygen atoms in total. The van der Waals surface area contributed by atoms with E-state index >= 15 is 0 Å². The monoisotopic (exact) mass is 267 g/mol. The molecule has 0 bridgehead atoms. The van der Waals surface area contributed by atoms with Crippen LogP contribution in [-0.2, 0) is 0 Å². The van der Waals surface area contributed by atoms with Crippen LogP contribution >= 0.6 is 0 Å². The minimum absolute atomic E-state index is 0.742. The van der Waals surface area contributed by atoms with E-state index in [9.17, 15) is 0 Å². The second-order valence-corrected chi connectivity index (χ2v) is 4.65. The third-order valence-electron chi connectivity index (χ3n) is 3.63. The third-order valence-corrected chi connectivity index (χ3v) is 3.63. The molecule has 0 saturated carbocycles. The summed E-state index contributed by atoms with van der Waals surface area (Å²) < 4.78 is 10.8. The Morgan fingerprint density at radius 1 is 0.800 bits per heavy atom. The van der Waals surface area contributed by atoms with Crippen molar-refractivity contribution in [2.45, 2.75) is 0 Å². The van der Waals surface area contributed by atoms with Gasteiger partial charge in [-0.25, -0.2) is 0 Å². The van der Waals surface area contributed by atoms with Crippen molar-refractivity contribution < 1.29 is 9.47 Å². The molecule has 0 atom stereocenters. The van der Waals surface area contributed by atoms with E-state index in [0.29, 0.717) is 0 Å². The maximum absolute atomic E-state index is 5.42. The van der Waals surface area contributed by atoms with E-state index in [0.717, 1.165) is 28.0 Å². The van der Waals surface area contributed by atoms with Gasteiger partial charge in [-0.1, -0.05) is 24.3 Å². The molecular formula is C17H17NO2. The van der Waals surface area contributed by atoms with Crippen LogP contribution in [0.2, 0.25) is 0 Å². The lowest BCUT2D eigenvalue weighted by Crippen LogP contribution is -1.94. The number of fused-ring (bicyclic) bond motifs is 3. The van der Waals surface area contributed by atoms with Crippen LogP contribution in [0, 0.1) is 0 Å². The van der Waals surface area contributed by atoms with E-state index in [4.69, 9.17) is 9.47 Å². The second kappa shape index (κ2) is 4.93. The van der Waals surface area contributed by atoms with Gasteiger partial charge in [0, 0.05) is 18.1 Å². The normalized spacial score (nSPS) is 10.8. The lowest BCUT2D eigenvalue weighted by molar-refractivity contribution is 0.356. The molecule has 3 aromatic carbocycles. The lowest BCUT2D eigenvalue weighted by Gasteiger charge is -2.14. The fourth-order valence-electron chi connectivity index (χ4n) is 2.63. The van der Waals surface area contributed by atoms with Crippen LogP contribution in [0.15, 0.2) is 42.5 Å². The van der Waals surface area contributed by atoms with Crippen LogP contribution in [0.4, 0.5) is 5.69 Å². The molecule has 0 saturated heterocycles. The van der Waals surface area contributed by atoms with Gasteiger partial charge in [0.15, 0.2) is 11.5 Å². The third kappa shape index (κ3) is 1.83. The number of ether oxygens (including phenoxy) is 2. The zero-order chi connectivity index (χ0) is 14.1. The summed E-state index contributed by atoms with van der Waals surface area (Å²) in [5.41, 5.74) is 1.08. The summed E-state index contributed by atoms with van der Waals surface area (Å²) in [4.78, 5) is 0. The van der Waals surface area contributed by atoms with Gasteiger partial charge in [0.25, 0.3) is 0 Å². The average Bonchev–Trinajstić information content (AvgIpc) is 2.52. The molecule has 20 heavy (non-hydrogen) atoms. The number of nitrogens with one attached hydrogen (secondary N) is 1. The largest absolute Gasteiger partial charge is 0.493 e. The highest BCUT2D eigenvalue weighted by Gasteiger charge is 2.11. The van der Waals surface area contributed by atoms with Crippen molar-refractivity contribution in [3.05, 3.63) is 42.5 Å². The van der Waals surface area contributed by atoms with Crippen molar-refractivity contribution >= 4 is 27.2 Å². The van der Waals surface area contributed by atoms with Crippen molar-refractivity contribution in [1.29, 1.82) is 0 Å². The van der Waals surface area contributed by atoms with Gasteiger partial charge in [0.2, 0.25) is 0 Å². The van der Waals surface area contributed by atoms with Gasteiger partial charge in [0.05, 0.1) is 14.2 Å². The van der Waals surface area contributed by atoms with E-state index in [2.05, 4.69) is 29.6 Å². The lowest BCUT2D eigenvalue weighted by atomic mass is 9.99. The number of rotatable bonds is 3. The molecule has 1 N–H and O–H groups in total. The highest BCUT2D eigenvalue weighted by molar-refractivity contribution is 6.13. The van der Waals surface area contributed by atoms with Crippen LogP contribution < -0.4 is 14.8 Å². The summed E-state index contributed by atoms with van der Waals surface area (Å²) in [6.45, 7) is 0. The molecule has 3 aromatic rings. The van der Waals surface area contributed by atoms with E-state index < -0.39 is 0 Å². The smallest absolute Gasteiger partial charge is 0.161 e. The first-order valence-corrected chi connectivity index (χ1v) is 6.53. The predicted molar refractivity (Wildman–Crippen MR) is 84.1 cm³/mol. The fourth-order valence-corrected chi connectivity index (χ4v) is 2.63. The first-order chi connectivity index (χ1) is 9.78. The highest BCUT2D eigenvalue weighted by atomic mass is 16.5. The van der Waals surface area contributed by atoms with Gasteiger partial charge in [-0.3, -0.25) is 0 Å². The quantitative estimate of drug-likeness (QED) is 0.726. The molecule has 3 rings (SSSR count). The summed E-state index contributed by atoms with van der Waals surface area (Å²) >= 11 is 0. The summed E-state index contributed by atoms with van der Waals surface area (Å²) in [6.07, 6.45) is 0. The van der Waals surface area contributed by atoms with Crippen LogP contribution in [-0.4, -0.2) is 21.3 Å². The first-order valence-electron chi connectivity index (χ1n) is 6.53. The Morgan fingerprint density at radius 3 is 2.10 bits per heavy atom. The summed E-state index contributed by atoms with van der Waals surface area (Å²) in [6, 6.07) is 14.6. The van der Waals surface area contributed by atoms with Crippen LogP contribution in [0.3, 0.4) is 0 Å². The van der Waals surface area contributed by atoms with Gasteiger partial charge >= 0.3 is 0 Å². The van der Waals surface area contributed by atoms with Crippen LogP contribution in [0.5, 0.6) is 11.5 Å². The van der Waals surface area contributed by atoms with Crippen molar-refractivity contribution in [1.82, 2.24) is 0 Å². The van der Waals surface area contributed by atoms with Crippen molar-refractivity contribution in [3.63, 3.8) is 0 Å². The number of anilines is 1.